The standard InChI is InChI=1S/C12H16ClN5OS/c1-7-9(13)10(16-18(7)3)11(19)14-5-8-6-15-12(20-4)17(8)2/h6H,5H2,1-4H3,(H,14,19). The van der Waals surface area contributed by atoms with Crippen molar-refractivity contribution in [1.29, 1.82) is 0 Å². The van der Waals surface area contributed by atoms with Crippen LogP contribution < -0.4 is 5.32 Å². The highest BCUT2D eigenvalue weighted by atomic mass is 35.5. The lowest BCUT2D eigenvalue weighted by molar-refractivity contribution is 0.0944. The Morgan fingerprint density at radius 3 is 2.70 bits per heavy atom. The van der Waals surface area contributed by atoms with Crippen LogP contribution in [0.4, 0.5) is 0 Å². The van der Waals surface area contributed by atoms with Crippen LogP contribution in [0.1, 0.15) is 21.9 Å². The van der Waals surface area contributed by atoms with E-state index >= 15 is 0 Å². The van der Waals surface area contributed by atoms with Gasteiger partial charge in [-0.2, -0.15) is 5.10 Å². The van der Waals surface area contributed by atoms with E-state index in [-0.39, 0.29) is 11.6 Å². The number of thioether (sulfide) groups is 1. The number of aryl methyl sites for hydroxylation is 1. The molecule has 20 heavy (non-hydrogen) atoms. The molecule has 2 aromatic rings. The molecule has 1 amide bonds. The smallest absolute Gasteiger partial charge is 0.273 e. The van der Waals surface area contributed by atoms with Gasteiger partial charge in [-0.05, 0) is 13.2 Å². The van der Waals surface area contributed by atoms with Gasteiger partial charge in [0.15, 0.2) is 10.9 Å². The quantitative estimate of drug-likeness (QED) is 0.874. The molecular weight excluding hydrogens is 298 g/mol. The normalized spacial score (nSPS) is 10.8. The number of nitrogens with one attached hydrogen (secondary N) is 1. The fourth-order valence-corrected chi connectivity index (χ4v) is 2.56. The lowest BCUT2D eigenvalue weighted by Crippen LogP contribution is -2.24. The van der Waals surface area contributed by atoms with Crippen LogP contribution in [0.15, 0.2) is 11.4 Å². The molecule has 0 aliphatic carbocycles. The van der Waals surface area contributed by atoms with Crippen molar-refractivity contribution in [3.63, 3.8) is 0 Å². The van der Waals surface area contributed by atoms with E-state index in [1.54, 1.807) is 29.7 Å². The Morgan fingerprint density at radius 1 is 1.50 bits per heavy atom. The Morgan fingerprint density at radius 2 is 2.20 bits per heavy atom. The van der Waals surface area contributed by atoms with Gasteiger partial charge in [-0.1, -0.05) is 23.4 Å². The first-order valence-corrected chi connectivity index (χ1v) is 7.57. The molecule has 2 rings (SSSR count). The monoisotopic (exact) mass is 313 g/mol. The van der Waals surface area contributed by atoms with E-state index in [1.807, 2.05) is 24.8 Å². The molecule has 0 bridgehead atoms. The van der Waals surface area contributed by atoms with Crippen molar-refractivity contribution in [3.8, 4) is 0 Å². The molecule has 0 radical (unpaired) electrons. The van der Waals surface area contributed by atoms with Crippen molar-refractivity contribution in [3.05, 3.63) is 28.3 Å². The Kier molecular flexibility index (Phi) is 4.39. The van der Waals surface area contributed by atoms with Crippen molar-refractivity contribution < 1.29 is 4.79 Å². The number of rotatable bonds is 4. The van der Waals surface area contributed by atoms with Crippen LogP contribution in [0.2, 0.25) is 5.02 Å². The van der Waals surface area contributed by atoms with E-state index in [0.29, 0.717) is 11.6 Å². The molecule has 0 unspecified atom stereocenters. The van der Waals surface area contributed by atoms with Gasteiger partial charge < -0.3 is 9.88 Å². The van der Waals surface area contributed by atoms with Gasteiger partial charge >= 0.3 is 0 Å². The Hall–Kier alpha value is -1.47. The van der Waals surface area contributed by atoms with E-state index in [1.165, 1.54) is 0 Å². The molecule has 108 valence electrons. The first kappa shape index (κ1) is 14.9. The first-order chi connectivity index (χ1) is 9.45. The van der Waals surface area contributed by atoms with E-state index in [4.69, 9.17) is 11.6 Å². The number of aromatic nitrogens is 4. The third kappa shape index (κ3) is 2.69. The molecule has 1 N–H and O–H groups in total. The van der Waals surface area contributed by atoms with E-state index in [9.17, 15) is 4.79 Å². The second kappa shape index (κ2) is 5.88. The Labute approximate surface area is 126 Å². The van der Waals surface area contributed by atoms with Crippen LogP contribution >= 0.6 is 23.4 Å². The van der Waals surface area contributed by atoms with E-state index in [0.717, 1.165) is 16.5 Å². The maximum Gasteiger partial charge on any atom is 0.273 e. The van der Waals surface area contributed by atoms with Crippen LogP contribution in [-0.2, 0) is 20.6 Å². The number of carbonyl (C=O) groups is 1. The van der Waals surface area contributed by atoms with Gasteiger partial charge in [0.2, 0.25) is 0 Å². The number of imidazole rings is 1. The van der Waals surface area contributed by atoms with E-state index in [2.05, 4.69) is 15.4 Å². The summed E-state index contributed by atoms with van der Waals surface area (Å²) in [6, 6.07) is 0. The lowest BCUT2D eigenvalue weighted by atomic mass is 10.3. The predicted octanol–water partition coefficient (Wildman–Crippen LogP) is 1.77. The van der Waals surface area contributed by atoms with Crippen LogP contribution in [0.25, 0.3) is 0 Å². The minimum Gasteiger partial charge on any atom is -0.345 e. The lowest BCUT2D eigenvalue weighted by Gasteiger charge is -2.05. The topological polar surface area (TPSA) is 64.7 Å². The molecule has 0 aliphatic rings. The highest BCUT2D eigenvalue weighted by molar-refractivity contribution is 7.98. The largest absolute Gasteiger partial charge is 0.345 e. The van der Waals surface area contributed by atoms with Gasteiger partial charge in [0.05, 0.1) is 29.2 Å². The van der Waals surface area contributed by atoms with Gasteiger partial charge in [-0.25, -0.2) is 4.98 Å². The summed E-state index contributed by atoms with van der Waals surface area (Å²) in [5.41, 5.74) is 1.94. The van der Waals surface area contributed by atoms with Crippen molar-refractivity contribution in [2.75, 3.05) is 6.26 Å². The average Bonchev–Trinajstić information content (AvgIpc) is 2.91. The minimum absolute atomic E-state index is 0.249. The van der Waals surface area contributed by atoms with E-state index < -0.39 is 0 Å². The summed E-state index contributed by atoms with van der Waals surface area (Å²) in [6.07, 6.45) is 3.71. The summed E-state index contributed by atoms with van der Waals surface area (Å²) in [4.78, 5) is 16.3. The fourth-order valence-electron chi connectivity index (χ4n) is 1.76. The van der Waals surface area contributed by atoms with Crippen LogP contribution in [0.3, 0.4) is 0 Å². The highest BCUT2D eigenvalue weighted by Gasteiger charge is 2.18. The first-order valence-electron chi connectivity index (χ1n) is 5.97. The van der Waals surface area contributed by atoms with Crippen molar-refractivity contribution in [2.45, 2.75) is 18.6 Å². The third-order valence-electron chi connectivity index (χ3n) is 3.13. The number of nitrogens with zero attached hydrogens (tertiary/aromatic N) is 4. The molecule has 0 saturated carbocycles. The molecule has 0 fully saturated rings. The zero-order valence-corrected chi connectivity index (χ0v) is 13.3. The Bertz CT molecular complexity index is 649. The number of carbonyl (C=O) groups excluding carboxylic acids is 1. The number of halogens is 1. The molecule has 8 heteroatoms. The van der Waals surface area contributed by atoms with Crippen molar-refractivity contribution >= 4 is 29.3 Å². The van der Waals surface area contributed by atoms with Crippen molar-refractivity contribution in [1.82, 2.24) is 24.6 Å². The predicted molar refractivity (Wildman–Crippen MR) is 79.1 cm³/mol. The SMILES string of the molecule is CSc1ncc(CNC(=O)c2nn(C)c(C)c2Cl)n1C. The number of hydrogen-bond acceptors (Lipinski definition) is 4. The van der Waals surface area contributed by atoms with Gasteiger partial charge in [-0.15, -0.1) is 0 Å². The molecule has 0 saturated heterocycles. The summed E-state index contributed by atoms with van der Waals surface area (Å²) < 4.78 is 3.53. The Balaban J connectivity index is 2.08. The second-order valence-electron chi connectivity index (χ2n) is 4.35. The summed E-state index contributed by atoms with van der Waals surface area (Å²) in [5.74, 6) is -0.286. The molecule has 2 aromatic heterocycles. The number of hydrogen-bond donors (Lipinski definition) is 1. The summed E-state index contributed by atoms with van der Waals surface area (Å²) in [5, 5.41) is 8.21. The molecule has 6 nitrogen and oxygen atoms in total. The third-order valence-corrected chi connectivity index (χ3v) is 4.33. The summed E-state index contributed by atoms with van der Waals surface area (Å²) in [6.45, 7) is 2.20. The molecule has 0 spiro atoms. The molecule has 0 atom stereocenters. The van der Waals surface area contributed by atoms with Gasteiger partial charge in [0.25, 0.3) is 5.91 Å². The maximum absolute atomic E-state index is 12.1. The average molecular weight is 314 g/mol. The number of amides is 1. The molecule has 0 aliphatic heterocycles. The fraction of sp³-hybridized carbons (Fsp3) is 0.417. The highest BCUT2D eigenvalue weighted by Crippen LogP contribution is 2.19. The molecule has 2 heterocycles. The zero-order chi connectivity index (χ0) is 14.9. The van der Waals surface area contributed by atoms with Gasteiger partial charge in [0.1, 0.15) is 0 Å². The van der Waals surface area contributed by atoms with Gasteiger partial charge in [-0.3, -0.25) is 9.48 Å². The minimum atomic E-state index is -0.286. The van der Waals surface area contributed by atoms with Crippen LogP contribution in [-0.4, -0.2) is 31.5 Å². The van der Waals surface area contributed by atoms with Crippen LogP contribution in [0.5, 0.6) is 0 Å². The zero-order valence-electron chi connectivity index (χ0n) is 11.8. The molecular formula is C12H16ClN5OS. The molecule has 0 aromatic carbocycles. The maximum atomic E-state index is 12.1. The summed E-state index contributed by atoms with van der Waals surface area (Å²) >= 11 is 7.64. The van der Waals surface area contributed by atoms with Crippen molar-refractivity contribution in [2.24, 2.45) is 14.1 Å². The van der Waals surface area contributed by atoms with Crippen LogP contribution in [0, 0.1) is 6.92 Å². The second-order valence-corrected chi connectivity index (χ2v) is 5.50. The van der Waals surface area contributed by atoms with Gasteiger partial charge in [0, 0.05) is 14.1 Å². The summed E-state index contributed by atoms with van der Waals surface area (Å²) in [7, 11) is 3.67.